The van der Waals surface area contributed by atoms with E-state index in [4.69, 9.17) is 10.9 Å². The Kier molecular flexibility index (Phi) is 10.3. The largest absolute Gasteiger partial charge is 0.326 e. The van der Waals surface area contributed by atoms with Crippen molar-refractivity contribution in [1.82, 2.24) is 15.4 Å². The number of anilines is 3. The van der Waals surface area contributed by atoms with Crippen molar-refractivity contribution in [3.63, 3.8) is 0 Å². The molecular weight excluding hydrogens is 634 g/mol. The molecule has 0 unspecified atom stereocenters. The molecule has 0 saturated carbocycles. The van der Waals surface area contributed by atoms with Crippen LogP contribution in [0.1, 0.15) is 52.5 Å². The maximum absolute atomic E-state index is 14.1. The Bertz CT molecular complexity index is 1960. The lowest BCUT2D eigenvalue weighted by Gasteiger charge is -2.34. The Hall–Kier alpha value is -5.72. The van der Waals surface area contributed by atoms with Crippen molar-refractivity contribution in [3.05, 3.63) is 103 Å². The normalized spacial score (nSPS) is 12.0. The number of hydroxylamine groups is 1. The standard InChI is InChI=1S/C38H41N7O5/c1-36(2,23-37(3,4)22-31(47)45-50)21-30(46)42-27-17-15-26(16-18-27)38(39,34(48)43-28-13-5-9-24-11-7-19-40-32(24)28)35(49)44-29-14-6-10-25-12-8-20-41-33(25)29/h5-20,50H,21-23,39H2,1-4H3,(H,42,46)(H,43,48)(H,44,49)(H,45,47). The van der Waals surface area contributed by atoms with E-state index in [1.54, 1.807) is 66.4 Å². The van der Waals surface area contributed by atoms with Gasteiger partial charge >= 0.3 is 0 Å². The van der Waals surface area contributed by atoms with Crippen LogP contribution in [0.2, 0.25) is 0 Å². The molecule has 0 aliphatic heterocycles. The summed E-state index contributed by atoms with van der Waals surface area (Å²) in [6.07, 6.45) is 4.02. The van der Waals surface area contributed by atoms with Crippen molar-refractivity contribution < 1.29 is 24.4 Å². The number of nitrogens with two attached hydrogens (primary N) is 1. The highest BCUT2D eigenvalue weighted by Gasteiger charge is 2.44. The van der Waals surface area contributed by atoms with Crippen LogP contribution in [0.15, 0.2) is 97.3 Å². The molecule has 0 bridgehead atoms. The lowest BCUT2D eigenvalue weighted by molar-refractivity contribution is -0.132. The summed E-state index contributed by atoms with van der Waals surface area (Å²) < 4.78 is 0. The molecule has 5 rings (SSSR count). The monoisotopic (exact) mass is 675 g/mol. The lowest BCUT2D eigenvalue weighted by atomic mass is 9.71. The van der Waals surface area contributed by atoms with E-state index in [2.05, 4.69) is 25.9 Å². The highest BCUT2D eigenvalue weighted by Crippen LogP contribution is 2.38. The van der Waals surface area contributed by atoms with Gasteiger partial charge in [-0.25, -0.2) is 5.48 Å². The van der Waals surface area contributed by atoms with Gasteiger partial charge in [0.05, 0.1) is 22.4 Å². The molecule has 0 saturated heterocycles. The van der Waals surface area contributed by atoms with Gasteiger partial charge in [-0.1, -0.05) is 76.2 Å². The Morgan fingerprint density at radius 2 is 1.10 bits per heavy atom. The zero-order valence-electron chi connectivity index (χ0n) is 28.4. The third-order valence-corrected chi connectivity index (χ3v) is 8.46. The van der Waals surface area contributed by atoms with Gasteiger partial charge in [-0.2, -0.15) is 0 Å². The predicted octanol–water partition coefficient (Wildman–Crippen LogP) is 5.88. The zero-order valence-corrected chi connectivity index (χ0v) is 28.4. The van der Waals surface area contributed by atoms with E-state index in [0.717, 1.165) is 10.8 Å². The molecule has 12 nitrogen and oxygen atoms in total. The van der Waals surface area contributed by atoms with Gasteiger partial charge in [-0.05, 0) is 59.2 Å². The SMILES string of the molecule is CC(C)(CC(=O)NO)CC(C)(C)CC(=O)Nc1ccc(C(N)(C(=O)Nc2cccc3cccnc23)C(=O)Nc2cccc3cccnc23)cc1. The number of amides is 4. The molecule has 4 amide bonds. The Labute approximate surface area is 289 Å². The van der Waals surface area contributed by atoms with Crippen LogP contribution in [-0.4, -0.2) is 38.8 Å². The van der Waals surface area contributed by atoms with Gasteiger partial charge < -0.3 is 21.7 Å². The number of aromatic nitrogens is 2. The summed E-state index contributed by atoms with van der Waals surface area (Å²) in [4.78, 5) is 62.0. The average Bonchev–Trinajstić information content (AvgIpc) is 3.07. The second-order valence-corrected chi connectivity index (χ2v) is 14.0. The van der Waals surface area contributed by atoms with Crippen LogP contribution in [0.25, 0.3) is 21.8 Å². The number of carbonyl (C=O) groups excluding carboxylic acids is 4. The zero-order chi connectivity index (χ0) is 36.1. The van der Waals surface area contributed by atoms with E-state index in [1.165, 1.54) is 12.1 Å². The Morgan fingerprint density at radius 1 is 0.640 bits per heavy atom. The Balaban J connectivity index is 1.40. The minimum Gasteiger partial charge on any atom is -0.326 e. The maximum Gasteiger partial charge on any atom is 0.258 e. The van der Waals surface area contributed by atoms with Crippen LogP contribution in [0.3, 0.4) is 0 Å². The third kappa shape index (κ3) is 8.11. The smallest absolute Gasteiger partial charge is 0.258 e. The maximum atomic E-state index is 14.1. The molecule has 7 N–H and O–H groups in total. The molecule has 0 spiro atoms. The molecule has 0 radical (unpaired) electrons. The fraction of sp³-hybridized carbons (Fsp3) is 0.263. The first kappa shape index (κ1) is 35.6. The molecule has 3 aromatic carbocycles. The lowest BCUT2D eigenvalue weighted by Crippen LogP contribution is -2.57. The molecular formula is C38H41N7O5. The van der Waals surface area contributed by atoms with Crippen LogP contribution >= 0.6 is 0 Å². The van der Waals surface area contributed by atoms with Gasteiger partial charge in [0.2, 0.25) is 17.4 Å². The molecule has 0 aliphatic rings. The highest BCUT2D eigenvalue weighted by molar-refractivity contribution is 6.20. The molecule has 0 fully saturated rings. The van der Waals surface area contributed by atoms with Crippen molar-refractivity contribution in [2.24, 2.45) is 16.6 Å². The van der Waals surface area contributed by atoms with Crippen molar-refractivity contribution >= 4 is 62.5 Å². The topological polar surface area (TPSA) is 188 Å². The minimum absolute atomic E-state index is 0.103. The molecule has 258 valence electrons. The summed E-state index contributed by atoms with van der Waals surface area (Å²) in [5.74, 6) is -2.34. The average molecular weight is 676 g/mol. The number of rotatable bonds is 12. The Morgan fingerprint density at radius 3 is 1.58 bits per heavy atom. The fourth-order valence-corrected chi connectivity index (χ4v) is 6.57. The molecule has 0 aliphatic carbocycles. The molecule has 2 aromatic heterocycles. The second-order valence-electron chi connectivity index (χ2n) is 14.0. The van der Waals surface area contributed by atoms with Crippen molar-refractivity contribution in [3.8, 4) is 0 Å². The van der Waals surface area contributed by atoms with Crippen molar-refractivity contribution in [1.29, 1.82) is 0 Å². The van der Waals surface area contributed by atoms with Gasteiger partial charge in [-0.15, -0.1) is 0 Å². The molecule has 12 heteroatoms. The second kappa shape index (κ2) is 14.4. The van der Waals surface area contributed by atoms with E-state index < -0.39 is 34.1 Å². The van der Waals surface area contributed by atoms with E-state index >= 15 is 0 Å². The van der Waals surface area contributed by atoms with Crippen LogP contribution < -0.4 is 27.2 Å². The highest BCUT2D eigenvalue weighted by atomic mass is 16.5. The summed E-state index contributed by atoms with van der Waals surface area (Å²) in [6, 6.07) is 24.1. The van der Waals surface area contributed by atoms with E-state index in [0.29, 0.717) is 34.5 Å². The summed E-state index contributed by atoms with van der Waals surface area (Å²) in [5.41, 5.74) is 7.77. The van der Waals surface area contributed by atoms with Crippen LogP contribution in [0, 0.1) is 10.8 Å². The van der Waals surface area contributed by atoms with Gasteiger partial charge in [0.1, 0.15) is 0 Å². The fourth-order valence-electron chi connectivity index (χ4n) is 6.57. The van der Waals surface area contributed by atoms with E-state index in [-0.39, 0.29) is 24.3 Å². The summed E-state index contributed by atoms with van der Waals surface area (Å²) in [6.45, 7) is 7.68. The number of hydrogen-bond acceptors (Lipinski definition) is 8. The number of pyridine rings is 2. The van der Waals surface area contributed by atoms with Gasteiger partial charge in [0, 0.05) is 41.7 Å². The predicted molar refractivity (Wildman–Crippen MR) is 193 cm³/mol. The number of carbonyl (C=O) groups is 4. The van der Waals surface area contributed by atoms with E-state index in [9.17, 15) is 19.2 Å². The van der Waals surface area contributed by atoms with Gasteiger partial charge in [0.25, 0.3) is 11.8 Å². The summed E-state index contributed by atoms with van der Waals surface area (Å²) >= 11 is 0. The number of para-hydroxylation sites is 2. The number of fused-ring (bicyclic) bond motifs is 2. The first-order valence-electron chi connectivity index (χ1n) is 16.1. The number of hydrogen-bond donors (Lipinski definition) is 6. The summed E-state index contributed by atoms with van der Waals surface area (Å²) in [7, 11) is 0. The van der Waals surface area contributed by atoms with Crippen molar-refractivity contribution in [2.45, 2.75) is 52.5 Å². The van der Waals surface area contributed by atoms with Gasteiger partial charge in [0.15, 0.2) is 0 Å². The number of nitrogens with zero attached hydrogens (tertiary/aromatic N) is 2. The molecule has 50 heavy (non-hydrogen) atoms. The van der Waals surface area contributed by atoms with Crippen molar-refractivity contribution in [2.75, 3.05) is 16.0 Å². The van der Waals surface area contributed by atoms with Crippen LogP contribution in [0.5, 0.6) is 0 Å². The molecule has 5 aromatic rings. The first-order valence-corrected chi connectivity index (χ1v) is 16.1. The summed E-state index contributed by atoms with van der Waals surface area (Å²) in [5, 5.41) is 19.0. The van der Waals surface area contributed by atoms with Crippen LogP contribution in [-0.2, 0) is 24.7 Å². The van der Waals surface area contributed by atoms with Crippen LogP contribution in [0.4, 0.5) is 17.1 Å². The van der Waals surface area contributed by atoms with E-state index in [1.807, 2.05) is 52.0 Å². The molecule has 2 heterocycles. The quantitative estimate of drug-likeness (QED) is 0.0537. The number of nitrogens with one attached hydrogen (secondary N) is 4. The minimum atomic E-state index is -2.23. The number of benzene rings is 3. The third-order valence-electron chi connectivity index (χ3n) is 8.46. The van der Waals surface area contributed by atoms with Gasteiger partial charge in [-0.3, -0.25) is 34.4 Å². The molecule has 0 atom stereocenters. The first-order chi connectivity index (χ1) is 23.7.